The van der Waals surface area contributed by atoms with Crippen molar-refractivity contribution >= 4 is 17.7 Å². The van der Waals surface area contributed by atoms with E-state index < -0.39 is 0 Å². The summed E-state index contributed by atoms with van der Waals surface area (Å²) in [4.78, 5) is 11.9. The Balaban J connectivity index is 1.37. The van der Waals surface area contributed by atoms with Gasteiger partial charge in [-0.2, -0.15) is 0 Å². The molecule has 26 heavy (non-hydrogen) atoms. The Morgan fingerprint density at radius 1 is 1.27 bits per heavy atom. The first kappa shape index (κ1) is 18.8. The smallest absolute Gasteiger partial charge is 0.277 e. The quantitative estimate of drug-likeness (QED) is 0.529. The maximum Gasteiger partial charge on any atom is 0.277 e. The summed E-state index contributed by atoms with van der Waals surface area (Å²) in [6, 6.07) is 7.40. The van der Waals surface area contributed by atoms with E-state index >= 15 is 0 Å². The standard InChI is InChI=1S/C19H25N3O3S/c1-24-16-10-8-15(9-11-16)18-21-22-19(25-18)26-13-17(23)20-12-4-7-14-5-2-3-6-14/h8-11,14H,2-7,12-13H2,1H3,(H,20,23). The minimum Gasteiger partial charge on any atom is -0.497 e. The number of thioether (sulfide) groups is 1. The molecular formula is C19H25N3O3S. The predicted molar refractivity (Wildman–Crippen MR) is 101 cm³/mol. The molecule has 140 valence electrons. The van der Waals surface area contributed by atoms with Crippen molar-refractivity contribution in [1.82, 2.24) is 15.5 Å². The molecule has 1 N–H and O–H groups in total. The van der Waals surface area contributed by atoms with Crippen molar-refractivity contribution in [3.8, 4) is 17.2 Å². The highest BCUT2D eigenvalue weighted by Gasteiger charge is 2.14. The van der Waals surface area contributed by atoms with E-state index in [1.807, 2.05) is 24.3 Å². The lowest BCUT2D eigenvalue weighted by Crippen LogP contribution is -2.26. The molecule has 2 aromatic rings. The van der Waals surface area contributed by atoms with Gasteiger partial charge in [0, 0.05) is 12.1 Å². The van der Waals surface area contributed by atoms with Crippen molar-refractivity contribution < 1.29 is 13.9 Å². The van der Waals surface area contributed by atoms with Gasteiger partial charge in [-0.1, -0.05) is 37.4 Å². The van der Waals surface area contributed by atoms with Crippen molar-refractivity contribution in [3.05, 3.63) is 24.3 Å². The maximum absolute atomic E-state index is 11.9. The molecule has 1 aromatic heterocycles. The SMILES string of the molecule is COc1ccc(-c2nnc(SCC(=O)NCCCC3CCCC3)o2)cc1. The lowest BCUT2D eigenvalue weighted by Gasteiger charge is -2.08. The van der Waals surface area contributed by atoms with Crippen molar-refractivity contribution in [3.63, 3.8) is 0 Å². The van der Waals surface area contributed by atoms with Crippen LogP contribution in [0, 0.1) is 5.92 Å². The fourth-order valence-corrected chi connectivity index (χ4v) is 3.81. The molecule has 0 bridgehead atoms. The van der Waals surface area contributed by atoms with Gasteiger partial charge in [-0.15, -0.1) is 10.2 Å². The number of aromatic nitrogens is 2. The number of rotatable bonds is 9. The number of nitrogens with zero attached hydrogens (tertiary/aromatic N) is 2. The zero-order valence-corrected chi connectivity index (χ0v) is 15.9. The molecule has 0 spiro atoms. The van der Waals surface area contributed by atoms with Crippen LogP contribution in [0.3, 0.4) is 0 Å². The molecule has 1 aromatic carbocycles. The molecule has 1 saturated carbocycles. The van der Waals surface area contributed by atoms with Gasteiger partial charge in [0.05, 0.1) is 12.9 Å². The number of nitrogens with one attached hydrogen (secondary N) is 1. The summed E-state index contributed by atoms with van der Waals surface area (Å²) in [5, 5.41) is 11.4. The molecule has 0 unspecified atom stereocenters. The maximum atomic E-state index is 11.9. The van der Waals surface area contributed by atoms with Crippen molar-refractivity contribution in [2.45, 2.75) is 43.7 Å². The molecule has 3 rings (SSSR count). The third-order valence-electron chi connectivity index (χ3n) is 4.66. The summed E-state index contributed by atoms with van der Waals surface area (Å²) < 4.78 is 10.7. The van der Waals surface area contributed by atoms with Gasteiger partial charge in [-0.25, -0.2) is 0 Å². The van der Waals surface area contributed by atoms with Crippen LogP contribution in [0.25, 0.3) is 11.5 Å². The molecule has 1 fully saturated rings. The number of hydrogen-bond acceptors (Lipinski definition) is 6. The van der Waals surface area contributed by atoms with Crippen LogP contribution in [-0.2, 0) is 4.79 Å². The highest BCUT2D eigenvalue weighted by Crippen LogP contribution is 2.28. The molecule has 0 saturated heterocycles. The predicted octanol–water partition coefficient (Wildman–Crippen LogP) is 3.92. The fraction of sp³-hybridized carbons (Fsp3) is 0.526. The zero-order chi connectivity index (χ0) is 18.2. The van der Waals surface area contributed by atoms with E-state index in [0.717, 1.165) is 30.2 Å². The number of methoxy groups -OCH3 is 1. The Kier molecular flexibility index (Phi) is 6.94. The Morgan fingerprint density at radius 3 is 2.77 bits per heavy atom. The van der Waals surface area contributed by atoms with E-state index in [2.05, 4.69) is 15.5 Å². The topological polar surface area (TPSA) is 77.2 Å². The number of ether oxygens (including phenoxy) is 1. The van der Waals surface area contributed by atoms with Crippen LogP contribution in [0.1, 0.15) is 38.5 Å². The van der Waals surface area contributed by atoms with Gasteiger partial charge in [0.2, 0.25) is 11.8 Å². The summed E-state index contributed by atoms with van der Waals surface area (Å²) in [7, 11) is 1.62. The summed E-state index contributed by atoms with van der Waals surface area (Å²) in [6.45, 7) is 0.747. The minimum atomic E-state index is 0.00520. The van der Waals surface area contributed by atoms with Gasteiger partial charge in [-0.3, -0.25) is 4.79 Å². The lowest BCUT2D eigenvalue weighted by atomic mass is 10.0. The largest absolute Gasteiger partial charge is 0.497 e. The van der Waals surface area contributed by atoms with Gasteiger partial charge in [-0.05, 0) is 43.0 Å². The van der Waals surface area contributed by atoms with E-state index in [1.165, 1.54) is 43.9 Å². The zero-order valence-electron chi connectivity index (χ0n) is 15.1. The van der Waals surface area contributed by atoms with Crippen LogP contribution in [0.5, 0.6) is 5.75 Å². The average molecular weight is 375 g/mol. The van der Waals surface area contributed by atoms with Gasteiger partial charge in [0.25, 0.3) is 5.22 Å². The summed E-state index contributed by atoms with van der Waals surface area (Å²) in [5.41, 5.74) is 0.821. The third kappa shape index (κ3) is 5.49. The number of hydrogen-bond donors (Lipinski definition) is 1. The van der Waals surface area contributed by atoms with E-state index in [0.29, 0.717) is 11.1 Å². The molecule has 7 heteroatoms. The summed E-state index contributed by atoms with van der Waals surface area (Å²) in [6.07, 6.45) is 7.74. The Morgan fingerprint density at radius 2 is 2.04 bits per heavy atom. The van der Waals surface area contributed by atoms with Crippen molar-refractivity contribution in [2.24, 2.45) is 5.92 Å². The van der Waals surface area contributed by atoms with Crippen molar-refractivity contribution in [2.75, 3.05) is 19.4 Å². The Labute approximate surface area is 158 Å². The first-order valence-corrected chi connectivity index (χ1v) is 10.1. The normalized spacial score (nSPS) is 14.5. The molecule has 1 heterocycles. The lowest BCUT2D eigenvalue weighted by molar-refractivity contribution is -0.118. The molecule has 0 radical (unpaired) electrons. The molecule has 6 nitrogen and oxygen atoms in total. The van der Waals surface area contributed by atoms with Crippen LogP contribution in [0.15, 0.2) is 33.9 Å². The second kappa shape index (κ2) is 9.62. The third-order valence-corrected chi connectivity index (χ3v) is 5.47. The first-order valence-electron chi connectivity index (χ1n) is 9.12. The number of carbonyl (C=O) groups is 1. The van der Waals surface area contributed by atoms with E-state index in [9.17, 15) is 4.79 Å². The monoisotopic (exact) mass is 375 g/mol. The van der Waals surface area contributed by atoms with Crippen LogP contribution in [0.4, 0.5) is 0 Å². The van der Waals surface area contributed by atoms with Crippen molar-refractivity contribution in [1.29, 1.82) is 0 Å². The van der Waals surface area contributed by atoms with Gasteiger partial charge in [0.15, 0.2) is 0 Å². The molecule has 0 atom stereocenters. The van der Waals surface area contributed by atoms with Crippen LogP contribution in [0.2, 0.25) is 0 Å². The highest BCUT2D eigenvalue weighted by atomic mass is 32.2. The average Bonchev–Trinajstić information content (AvgIpc) is 3.35. The first-order chi connectivity index (χ1) is 12.7. The summed E-state index contributed by atoms with van der Waals surface area (Å²) in [5.74, 6) is 2.37. The molecule has 1 amide bonds. The van der Waals surface area contributed by atoms with E-state index in [-0.39, 0.29) is 11.7 Å². The van der Waals surface area contributed by atoms with E-state index in [4.69, 9.17) is 9.15 Å². The van der Waals surface area contributed by atoms with Crippen LogP contribution in [-0.4, -0.2) is 35.5 Å². The van der Waals surface area contributed by atoms with Gasteiger partial charge < -0.3 is 14.5 Å². The minimum absolute atomic E-state index is 0.00520. The number of carbonyl (C=O) groups excluding carboxylic acids is 1. The molecule has 1 aliphatic carbocycles. The van der Waals surface area contributed by atoms with Gasteiger partial charge >= 0.3 is 0 Å². The number of benzene rings is 1. The van der Waals surface area contributed by atoms with E-state index in [1.54, 1.807) is 7.11 Å². The summed E-state index contributed by atoms with van der Waals surface area (Å²) >= 11 is 1.26. The van der Waals surface area contributed by atoms with Gasteiger partial charge in [0.1, 0.15) is 5.75 Å². The number of amides is 1. The fourth-order valence-electron chi connectivity index (χ4n) is 3.21. The molecular weight excluding hydrogens is 350 g/mol. The highest BCUT2D eigenvalue weighted by molar-refractivity contribution is 7.99. The Bertz CT molecular complexity index is 696. The molecule has 0 aliphatic heterocycles. The Hall–Kier alpha value is -2.02. The molecule has 1 aliphatic rings. The van der Waals surface area contributed by atoms with Crippen LogP contribution >= 0.6 is 11.8 Å². The second-order valence-electron chi connectivity index (χ2n) is 6.53. The van der Waals surface area contributed by atoms with Crippen LogP contribution < -0.4 is 10.1 Å². The second-order valence-corrected chi connectivity index (χ2v) is 7.46.